The highest BCUT2D eigenvalue weighted by atomic mass is 16.5. The fraction of sp³-hybridized carbons (Fsp3) is 0.154. The zero-order valence-corrected chi connectivity index (χ0v) is 10.1. The van der Waals surface area contributed by atoms with Gasteiger partial charge in [-0.05, 0) is 18.2 Å². The molecule has 0 unspecified atom stereocenters. The molecule has 3 N–H and O–H groups in total. The smallest absolute Gasteiger partial charge is 0.161 e. The Labute approximate surface area is 106 Å². The first-order valence-electron chi connectivity index (χ1n) is 5.51. The van der Waals surface area contributed by atoms with E-state index in [-0.39, 0.29) is 0 Å². The van der Waals surface area contributed by atoms with E-state index in [4.69, 9.17) is 15.3 Å². The van der Waals surface area contributed by atoms with Crippen LogP contribution < -0.4 is 20.7 Å². The monoisotopic (exact) mass is 245 g/mol. The van der Waals surface area contributed by atoms with E-state index in [1.165, 1.54) is 0 Å². The van der Waals surface area contributed by atoms with Crippen molar-refractivity contribution >= 4 is 5.82 Å². The molecule has 0 bridgehead atoms. The normalized spacial score (nSPS) is 9.89. The number of aromatic nitrogens is 1. The zero-order valence-electron chi connectivity index (χ0n) is 10.1. The van der Waals surface area contributed by atoms with Gasteiger partial charge in [-0.15, -0.1) is 0 Å². The molecular weight excluding hydrogens is 230 g/mol. The van der Waals surface area contributed by atoms with E-state index < -0.39 is 0 Å². The van der Waals surface area contributed by atoms with E-state index in [9.17, 15) is 0 Å². The first kappa shape index (κ1) is 12.2. The van der Waals surface area contributed by atoms with Crippen molar-refractivity contribution in [2.24, 2.45) is 5.84 Å². The summed E-state index contributed by atoms with van der Waals surface area (Å²) < 4.78 is 10.9. The highest BCUT2D eigenvalue weighted by Gasteiger charge is 2.05. The standard InChI is InChI=1S/C13H15N3O2/c1-17-11-6-2-3-7-12(11)18-9-10-5-4-8-15-13(10)16-14/h2-8H,9,14H2,1H3,(H,15,16). The maximum Gasteiger partial charge on any atom is 0.161 e. The number of nitrogens with two attached hydrogens (primary N) is 1. The summed E-state index contributed by atoms with van der Waals surface area (Å²) >= 11 is 0. The third kappa shape index (κ3) is 2.70. The second-order valence-electron chi connectivity index (χ2n) is 3.60. The number of rotatable bonds is 5. The lowest BCUT2D eigenvalue weighted by atomic mass is 10.2. The Hall–Kier alpha value is -2.27. The molecule has 0 saturated heterocycles. The highest BCUT2D eigenvalue weighted by Crippen LogP contribution is 2.27. The SMILES string of the molecule is COc1ccccc1OCc1cccnc1NN. The molecule has 1 heterocycles. The topological polar surface area (TPSA) is 69.4 Å². The van der Waals surface area contributed by atoms with Gasteiger partial charge in [-0.2, -0.15) is 0 Å². The van der Waals surface area contributed by atoms with Gasteiger partial charge in [0.15, 0.2) is 11.5 Å². The van der Waals surface area contributed by atoms with Crippen LogP contribution in [0.3, 0.4) is 0 Å². The predicted octanol–water partition coefficient (Wildman–Crippen LogP) is 1.95. The summed E-state index contributed by atoms with van der Waals surface area (Å²) in [4.78, 5) is 4.10. The molecule has 0 spiro atoms. The molecule has 94 valence electrons. The number of hydrogen-bond acceptors (Lipinski definition) is 5. The van der Waals surface area contributed by atoms with E-state index in [1.54, 1.807) is 13.3 Å². The summed E-state index contributed by atoms with van der Waals surface area (Å²) in [6.07, 6.45) is 1.67. The minimum atomic E-state index is 0.369. The van der Waals surface area contributed by atoms with Gasteiger partial charge in [-0.25, -0.2) is 10.8 Å². The van der Waals surface area contributed by atoms with Crippen LogP contribution in [0, 0.1) is 0 Å². The molecule has 0 radical (unpaired) electrons. The van der Waals surface area contributed by atoms with Gasteiger partial charge in [0.1, 0.15) is 12.4 Å². The molecule has 1 aromatic carbocycles. The molecular formula is C13H15N3O2. The number of methoxy groups -OCH3 is 1. The van der Waals surface area contributed by atoms with Gasteiger partial charge in [-0.3, -0.25) is 0 Å². The quantitative estimate of drug-likeness (QED) is 0.622. The Bertz CT molecular complexity index is 470. The number of hydrazine groups is 1. The van der Waals surface area contributed by atoms with Crippen molar-refractivity contribution in [3.05, 3.63) is 48.2 Å². The highest BCUT2D eigenvalue weighted by molar-refractivity contribution is 5.43. The summed E-state index contributed by atoms with van der Waals surface area (Å²) in [6, 6.07) is 11.2. The Balaban J connectivity index is 2.11. The van der Waals surface area contributed by atoms with Crippen molar-refractivity contribution in [2.75, 3.05) is 12.5 Å². The van der Waals surface area contributed by atoms with Crippen LogP contribution in [0.5, 0.6) is 11.5 Å². The summed E-state index contributed by atoms with van der Waals surface area (Å²) in [5, 5.41) is 0. The molecule has 0 fully saturated rings. The van der Waals surface area contributed by atoms with Crippen LogP contribution >= 0.6 is 0 Å². The number of hydrogen-bond donors (Lipinski definition) is 2. The first-order chi connectivity index (χ1) is 8.85. The second kappa shape index (κ2) is 5.88. The molecule has 0 aliphatic carbocycles. The fourth-order valence-corrected chi connectivity index (χ4v) is 1.58. The van der Waals surface area contributed by atoms with Gasteiger partial charge in [-0.1, -0.05) is 18.2 Å². The lowest BCUT2D eigenvalue weighted by Gasteiger charge is -2.11. The molecule has 1 aromatic heterocycles. The Morgan fingerprint density at radius 1 is 1.17 bits per heavy atom. The van der Waals surface area contributed by atoms with E-state index in [0.717, 1.165) is 5.56 Å². The van der Waals surface area contributed by atoms with Crippen molar-refractivity contribution in [3.63, 3.8) is 0 Å². The van der Waals surface area contributed by atoms with Crippen LogP contribution in [0.2, 0.25) is 0 Å². The van der Waals surface area contributed by atoms with Gasteiger partial charge in [0, 0.05) is 11.8 Å². The van der Waals surface area contributed by atoms with Crippen LogP contribution in [0.1, 0.15) is 5.56 Å². The fourth-order valence-electron chi connectivity index (χ4n) is 1.58. The summed E-state index contributed by atoms with van der Waals surface area (Å²) in [5.41, 5.74) is 3.42. The molecule has 0 aliphatic heterocycles. The van der Waals surface area contributed by atoms with Crippen LogP contribution in [0.15, 0.2) is 42.6 Å². The third-order valence-electron chi connectivity index (χ3n) is 2.48. The minimum absolute atomic E-state index is 0.369. The first-order valence-corrected chi connectivity index (χ1v) is 5.51. The van der Waals surface area contributed by atoms with Crippen LogP contribution in [0.4, 0.5) is 5.82 Å². The predicted molar refractivity (Wildman–Crippen MR) is 69.4 cm³/mol. The molecule has 0 saturated carbocycles. The number of nitrogens with zero attached hydrogens (tertiary/aromatic N) is 1. The van der Waals surface area contributed by atoms with E-state index >= 15 is 0 Å². The van der Waals surface area contributed by atoms with Crippen LogP contribution in [0.25, 0.3) is 0 Å². The van der Waals surface area contributed by atoms with Crippen molar-refractivity contribution in [1.82, 2.24) is 4.98 Å². The largest absolute Gasteiger partial charge is 0.493 e. The zero-order chi connectivity index (χ0) is 12.8. The van der Waals surface area contributed by atoms with Crippen molar-refractivity contribution in [1.29, 1.82) is 0 Å². The van der Waals surface area contributed by atoms with Crippen LogP contribution in [-0.2, 0) is 6.61 Å². The molecule has 5 heteroatoms. The maximum absolute atomic E-state index is 5.70. The molecule has 5 nitrogen and oxygen atoms in total. The molecule has 2 rings (SSSR count). The molecule has 0 amide bonds. The van der Waals surface area contributed by atoms with Gasteiger partial charge < -0.3 is 14.9 Å². The molecule has 18 heavy (non-hydrogen) atoms. The number of benzene rings is 1. The lowest BCUT2D eigenvalue weighted by Crippen LogP contribution is -2.12. The number of nitrogen functional groups attached to an aromatic ring is 1. The summed E-state index contributed by atoms with van der Waals surface area (Å²) in [6.45, 7) is 0.369. The lowest BCUT2D eigenvalue weighted by molar-refractivity contribution is 0.284. The summed E-state index contributed by atoms with van der Waals surface area (Å²) in [5.74, 6) is 7.37. The third-order valence-corrected chi connectivity index (χ3v) is 2.48. The van der Waals surface area contributed by atoms with Gasteiger partial charge >= 0.3 is 0 Å². The van der Waals surface area contributed by atoms with Gasteiger partial charge in [0.25, 0.3) is 0 Å². The second-order valence-corrected chi connectivity index (χ2v) is 3.60. The molecule has 0 atom stereocenters. The van der Waals surface area contributed by atoms with Gasteiger partial charge in [0.05, 0.1) is 7.11 Å². The van der Waals surface area contributed by atoms with Crippen molar-refractivity contribution < 1.29 is 9.47 Å². The van der Waals surface area contributed by atoms with Gasteiger partial charge in [0.2, 0.25) is 0 Å². The Kier molecular flexibility index (Phi) is 3.98. The number of nitrogens with one attached hydrogen (secondary N) is 1. The Morgan fingerprint density at radius 2 is 1.94 bits per heavy atom. The maximum atomic E-state index is 5.70. The molecule has 2 aromatic rings. The average molecular weight is 245 g/mol. The molecule has 0 aliphatic rings. The van der Waals surface area contributed by atoms with Crippen molar-refractivity contribution in [3.8, 4) is 11.5 Å². The van der Waals surface area contributed by atoms with Crippen LogP contribution in [-0.4, -0.2) is 12.1 Å². The Morgan fingerprint density at radius 3 is 2.67 bits per heavy atom. The minimum Gasteiger partial charge on any atom is -0.493 e. The average Bonchev–Trinajstić information content (AvgIpc) is 2.45. The van der Waals surface area contributed by atoms with Crippen molar-refractivity contribution in [2.45, 2.75) is 6.61 Å². The van der Waals surface area contributed by atoms with E-state index in [2.05, 4.69) is 10.4 Å². The van der Waals surface area contributed by atoms with E-state index in [0.29, 0.717) is 23.9 Å². The summed E-state index contributed by atoms with van der Waals surface area (Å²) in [7, 11) is 1.61. The van der Waals surface area contributed by atoms with E-state index in [1.807, 2.05) is 36.4 Å². The number of anilines is 1. The number of pyridine rings is 1. The number of ether oxygens (including phenoxy) is 2. The number of para-hydroxylation sites is 2.